The van der Waals surface area contributed by atoms with E-state index in [4.69, 9.17) is 17.0 Å². The number of phenolic OH excluding ortho intramolecular Hbond substituents is 1. The molecule has 0 spiro atoms. The van der Waals surface area contributed by atoms with Crippen LogP contribution in [0.5, 0.6) is 11.5 Å². The molecule has 0 unspecified atom stereocenters. The van der Waals surface area contributed by atoms with Crippen LogP contribution in [0, 0.1) is 3.82 Å². The number of hydrogen-bond acceptors (Lipinski definition) is 7. The first-order chi connectivity index (χ1) is 16.1. The van der Waals surface area contributed by atoms with Crippen LogP contribution in [0.2, 0.25) is 0 Å². The van der Waals surface area contributed by atoms with E-state index in [1.54, 1.807) is 27.8 Å². The molecule has 0 radical (unpaired) electrons. The van der Waals surface area contributed by atoms with E-state index in [0.717, 1.165) is 67.2 Å². The van der Waals surface area contributed by atoms with E-state index in [1.165, 1.54) is 28.0 Å². The van der Waals surface area contributed by atoms with Crippen molar-refractivity contribution in [3.63, 3.8) is 0 Å². The molecule has 0 aliphatic carbocycles. The van der Waals surface area contributed by atoms with Gasteiger partial charge >= 0.3 is 0 Å². The molecular formula is C26H32N2O2S3. The Kier molecular flexibility index (Phi) is 8.55. The minimum Gasteiger partial charge on any atom is -0.508 e. The fraction of sp³-hybridized carbons (Fsp3) is 0.423. The van der Waals surface area contributed by atoms with Crippen molar-refractivity contribution >= 4 is 32.9 Å². The SMILES string of the molecule is CCCCc1c(-c2ccc(O)c(CN3CCN(Cc4ccc(OC)cc4)CC3)c2)ssc1=S. The molecule has 0 bridgehead atoms. The molecule has 2 heterocycles. The predicted molar refractivity (Wildman–Crippen MR) is 142 cm³/mol. The quantitative estimate of drug-likeness (QED) is 0.265. The number of benzene rings is 2. The van der Waals surface area contributed by atoms with E-state index in [1.807, 2.05) is 24.3 Å². The summed E-state index contributed by atoms with van der Waals surface area (Å²) in [5, 5.41) is 10.6. The lowest BCUT2D eigenvalue weighted by Gasteiger charge is -2.35. The highest BCUT2D eigenvalue weighted by molar-refractivity contribution is 7.80. The van der Waals surface area contributed by atoms with Crippen molar-refractivity contribution in [2.75, 3.05) is 33.3 Å². The summed E-state index contributed by atoms with van der Waals surface area (Å²) in [5.74, 6) is 1.28. The van der Waals surface area contributed by atoms with E-state index in [9.17, 15) is 5.11 Å². The Morgan fingerprint density at radius 1 is 0.970 bits per heavy atom. The summed E-state index contributed by atoms with van der Waals surface area (Å²) >= 11 is 5.61. The largest absolute Gasteiger partial charge is 0.508 e. The molecule has 0 atom stereocenters. The van der Waals surface area contributed by atoms with Crippen LogP contribution in [0.25, 0.3) is 10.4 Å². The Bertz CT molecular complexity index is 1100. The molecular weight excluding hydrogens is 468 g/mol. The number of nitrogens with zero attached hydrogens (tertiary/aromatic N) is 2. The number of unbranched alkanes of at least 4 members (excludes halogenated alkanes) is 1. The van der Waals surface area contributed by atoms with Gasteiger partial charge in [-0.05, 0) is 59.9 Å². The minimum absolute atomic E-state index is 0.383. The van der Waals surface area contributed by atoms with Gasteiger partial charge in [-0.15, -0.1) is 0 Å². The first-order valence-corrected chi connectivity index (χ1v) is 14.1. The monoisotopic (exact) mass is 500 g/mol. The Morgan fingerprint density at radius 2 is 1.67 bits per heavy atom. The van der Waals surface area contributed by atoms with Crippen LogP contribution in [0.15, 0.2) is 42.5 Å². The van der Waals surface area contributed by atoms with Crippen LogP contribution < -0.4 is 4.74 Å². The van der Waals surface area contributed by atoms with E-state index < -0.39 is 0 Å². The van der Waals surface area contributed by atoms with Crippen molar-refractivity contribution in [3.05, 3.63) is 63.0 Å². The molecule has 4 nitrogen and oxygen atoms in total. The van der Waals surface area contributed by atoms with Crippen molar-refractivity contribution in [2.24, 2.45) is 0 Å². The standard InChI is InChI=1S/C26H32N2O2S3/c1-3-4-5-23-25(32-33-26(23)31)20-8-11-24(29)21(16-20)18-28-14-12-27(13-15-28)17-19-6-9-22(30-2)10-7-19/h6-11,16,29H,3-5,12-15,17-18H2,1-2H3. The van der Waals surface area contributed by atoms with Crippen LogP contribution in [0.3, 0.4) is 0 Å². The molecule has 1 aromatic heterocycles. The highest BCUT2D eigenvalue weighted by Crippen LogP contribution is 2.37. The molecule has 0 amide bonds. The zero-order valence-electron chi connectivity index (χ0n) is 19.4. The number of aromatic hydroxyl groups is 1. The number of hydrogen-bond donors (Lipinski definition) is 1. The zero-order chi connectivity index (χ0) is 23.2. The summed E-state index contributed by atoms with van der Waals surface area (Å²) in [6.07, 6.45) is 3.36. The summed E-state index contributed by atoms with van der Waals surface area (Å²) in [6.45, 7) is 8.00. The highest BCUT2D eigenvalue weighted by Gasteiger charge is 2.19. The molecule has 2 aromatic carbocycles. The second-order valence-corrected chi connectivity index (χ2v) is 11.4. The normalized spacial score (nSPS) is 15.1. The van der Waals surface area contributed by atoms with Crippen molar-refractivity contribution in [1.82, 2.24) is 9.80 Å². The third-order valence-electron chi connectivity index (χ3n) is 6.27. The summed E-state index contributed by atoms with van der Waals surface area (Å²) in [4.78, 5) is 6.22. The van der Waals surface area contributed by atoms with E-state index in [0.29, 0.717) is 5.75 Å². The van der Waals surface area contributed by atoms with Gasteiger partial charge in [0.25, 0.3) is 0 Å². The first kappa shape index (κ1) is 24.4. The second kappa shape index (κ2) is 11.6. The fourth-order valence-electron chi connectivity index (χ4n) is 4.25. The Hall–Kier alpha value is -1.77. The lowest BCUT2D eigenvalue weighted by atomic mass is 10.0. The Labute approximate surface area is 209 Å². The van der Waals surface area contributed by atoms with Gasteiger partial charge in [0.2, 0.25) is 0 Å². The smallest absolute Gasteiger partial charge is 0.120 e. The molecule has 1 saturated heterocycles. The Balaban J connectivity index is 1.38. The van der Waals surface area contributed by atoms with Crippen LogP contribution >= 0.6 is 32.9 Å². The average Bonchev–Trinajstić information content (AvgIpc) is 3.21. The zero-order valence-corrected chi connectivity index (χ0v) is 21.8. The van der Waals surface area contributed by atoms with Gasteiger partial charge < -0.3 is 9.84 Å². The van der Waals surface area contributed by atoms with Gasteiger partial charge in [0.15, 0.2) is 0 Å². The lowest BCUT2D eigenvalue weighted by Crippen LogP contribution is -2.45. The maximum atomic E-state index is 10.6. The van der Waals surface area contributed by atoms with Gasteiger partial charge in [-0.3, -0.25) is 9.80 Å². The van der Waals surface area contributed by atoms with Crippen LogP contribution in [0.4, 0.5) is 0 Å². The van der Waals surface area contributed by atoms with Crippen molar-refractivity contribution < 1.29 is 9.84 Å². The summed E-state index contributed by atoms with van der Waals surface area (Å²) in [6, 6.07) is 14.4. The maximum Gasteiger partial charge on any atom is 0.120 e. The van der Waals surface area contributed by atoms with Gasteiger partial charge in [-0.25, -0.2) is 0 Å². The molecule has 1 aliphatic rings. The van der Waals surface area contributed by atoms with E-state index in [-0.39, 0.29) is 0 Å². The molecule has 4 rings (SSSR count). The van der Waals surface area contributed by atoms with Crippen LogP contribution in [-0.2, 0) is 19.5 Å². The average molecular weight is 501 g/mol. The van der Waals surface area contributed by atoms with Crippen molar-refractivity contribution in [2.45, 2.75) is 39.3 Å². The Morgan fingerprint density at radius 3 is 2.33 bits per heavy atom. The second-order valence-electron chi connectivity index (χ2n) is 8.61. The fourth-order valence-corrected chi connectivity index (χ4v) is 7.25. The minimum atomic E-state index is 0.383. The van der Waals surface area contributed by atoms with Gasteiger partial charge in [0.1, 0.15) is 15.3 Å². The lowest BCUT2D eigenvalue weighted by molar-refractivity contribution is 0.121. The van der Waals surface area contributed by atoms with Crippen molar-refractivity contribution in [1.29, 1.82) is 0 Å². The summed E-state index contributed by atoms with van der Waals surface area (Å²) in [7, 11) is 5.17. The van der Waals surface area contributed by atoms with Gasteiger partial charge in [-0.2, -0.15) is 0 Å². The van der Waals surface area contributed by atoms with E-state index in [2.05, 4.69) is 34.9 Å². The molecule has 1 fully saturated rings. The number of rotatable bonds is 9. The number of piperazine rings is 1. The maximum absolute atomic E-state index is 10.6. The molecule has 1 N–H and O–H groups in total. The predicted octanol–water partition coefficient (Wildman–Crippen LogP) is 6.58. The number of methoxy groups -OCH3 is 1. The molecule has 0 saturated carbocycles. The van der Waals surface area contributed by atoms with Crippen LogP contribution in [-0.4, -0.2) is 48.2 Å². The summed E-state index contributed by atoms with van der Waals surface area (Å²) in [5.41, 5.74) is 4.81. The molecule has 33 heavy (non-hydrogen) atoms. The molecule has 3 aromatic rings. The van der Waals surface area contributed by atoms with Crippen LogP contribution in [0.1, 0.15) is 36.5 Å². The molecule has 7 heteroatoms. The third kappa shape index (κ3) is 6.22. The third-order valence-corrected chi connectivity index (χ3v) is 9.46. The van der Waals surface area contributed by atoms with E-state index >= 15 is 0 Å². The number of ether oxygens (including phenoxy) is 1. The summed E-state index contributed by atoms with van der Waals surface area (Å²) < 4.78 is 6.28. The molecule has 176 valence electrons. The molecule has 1 aliphatic heterocycles. The van der Waals surface area contributed by atoms with Gasteiger partial charge in [0, 0.05) is 44.8 Å². The van der Waals surface area contributed by atoms with Gasteiger partial charge in [0.05, 0.1) is 12.0 Å². The number of phenols is 1. The van der Waals surface area contributed by atoms with Gasteiger partial charge in [-0.1, -0.05) is 58.4 Å². The topological polar surface area (TPSA) is 35.9 Å². The van der Waals surface area contributed by atoms with Crippen molar-refractivity contribution in [3.8, 4) is 21.9 Å². The first-order valence-electron chi connectivity index (χ1n) is 11.6. The highest BCUT2D eigenvalue weighted by atomic mass is 32.9.